The number of amides is 1. The Bertz CT molecular complexity index is 1200. The summed E-state index contributed by atoms with van der Waals surface area (Å²) in [5, 5.41) is 17.9. The molecule has 1 heterocycles. The van der Waals surface area contributed by atoms with Crippen LogP contribution in [-0.2, 0) is 0 Å². The Morgan fingerprint density at radius 1 is 1.10 bits per heavy atom. The number of carbonyl (C=O) groups excluding carboxylic acids is 2. The predicted molar refractivity (Wildman–Crippen MR) is 106 cm³/mol. The van der Waals surface area contributed by atoms with E-state index in [1.165, 1.54) is 41.9 Å². The van der Waals surface area contributed by atoms with Crippen LogP contribution in [0, 0.1) is 17.0 Å². The number of nitro benzene ring substituents is 1. The zero-order valence-electron chi connectivity index (χ0n) is 15.6. The van der Waals surface area contributed by atoms with Crippen LogP contribution in [0.15, 0.2) is 59.4 Å². The number of nitrogens with one attached hydrogen (secondary N) is 1. The Hall–Kier alpha value is -4.14. The van der Waals surface area contributed by atoms with Crippen molar-refractivity contribution in [3.63, 3.8) is 0 Å². The van der Waals surface area contributed by atoms with Crippen molar-refractivity contribution in [2.45, 2.75) is 13.8 Å². The summed E-state index contributed by atoms with van der Waals surface area (Å²) < 4.78 is 1.18. The van der Waals surface area contributed by atoms with Crippen LogP contribution in [0.5, 0.6) is 0 Å². The molecule has 1 amide bonds. The third-order valence-corrected chi connectivity index (χ3v) is 4.16. The maximum absolute atomic E-state index is 12.6. The number of ketones is 1. The fourth-order valence-electron chi connectivity index (χ4n) is 2.75. The number of nitrogens with zero attached hydrogens (tertiary/aromatic N) is 3. The van der Waals surface area contributed by atoms with E-state index in [4.69, 9.17) is 0 Å². The molecule has 0 aliphatic heterocycles. The summed E-state index contributed by atoms with van der Waals surface area (Å²) in [5.41, 5.74) is -0.0902. The number of hydrogen-bond donors (Lipinski definition) is 1. The maximum Gasteiger partial charge on any atom is 0.294 e. The van der Waals surface area contributed by atoms with Crippen LogP contribution in [0.4, 0.5) is 11.4 Å². The number of carbonyl (C=O) groups is 2. The number of rotatable bonds is 5. The van der Waals surface area contributed by atoms with Crippen molar-refractivity contribution >= 4 is 23.1 Å². The van der Waals surface area contributed by atoms with Crippen molar-refractivity contribution in [2.24, 2.45) is 0 Å². The van der Waals surface area contributed by atoms with Gasteiger partial charge in [0.05, 0.1) is 4.92 Å². The summed E-state index contributed by atoms with van der Waals surface area (Å²) in [4.78, 5) is 47.2. The minimum Gasteiger partial charge on any atom is -0.320 e. The largest absolute Gasteiger partial charge is 0.320 e. The fourth-order valence-corrected chi connectivity index (χ4v) is 2.75. The zero-order valence-corrected chi connectivity index (χ0v) is 15.6. The van der Waals surface area contributed by atoms with E-state index in [0.29, 0.717) is 16.9 Å². The summed E-state index contributed by atoms with van der Waals surface area (Å²) in [6.45, 7) is 2.96. The highest BCUT2D eigenvalue weighted by Gasteiger charge is 2.20. The first-order valence-corrected chi connectivity index (χ1v) is 8.55. The van der Waals surface area contributed by atoms with Gasteiger partial charge in [-0.25, -0.2) is 4.68 Å². The minimum atomic E-state index is -0.789. The molecule has 29 heavy (non-hydrogen) atoms. The number of anilines is 1. The second-order valence-corrected chi connectivity index (χ2v) is 6.25. The highest BCUT2D eigenvalue weighted by molar-refractivity contribution is 6.03. The average Bonchev–Trinajstić information content (AvgIpc) is 2.68. The topological polar surface area (TPSA) is 124 Å². The molecule has 3 aromatic rings. The molecule has 146 valence electrons. The van der Waals surface area contributed by atoms with Crippen molar-refractivity contribution in [1.29, 1.82) is 0 Å². The fraction of sp³-hybridized carbons (Fsp3) is 0.100. The number of hydrogen-bond acceptors (Lipinski definition) is 6. The van der Waals surface area contributed by atoms with Crippen LogP contribution in [0.3, 0.4) is 0 Å². The number of benzene rings is 2. The van der Waals surface area contributed by atoms with Crippen LogP contribution < -0.4 is 10.7 Å². The number of para-hydroxylation sites is 2. The van der Waals surface area contributed by atoms with Gasteiger partial charge in [-0.05, 0) is 32.0 Å². The average molecular weight is 392 g/mol. The standard InChI is InChI=1S/C20H16N4O5/c1-12-10-18(26)19(20(27)21-15-7-5-6-14(11-15)13(2)25)22-23(12)16-8-3-4-9-17(16)24(28)29/h3-11H,1-2H3,(H,21,27). The van der Waals surface area contributed by atoms with E-state index < -0.39 is 22.0 Å². The smallest absolute Gasteiger partial charge is 0.294 e. The van der Waals surface area contributed by atoms with Gasteiger partial charge in [0.25, 0.3) is 11.6 Å². The Morgan fingerprint density at radius 3 is 2.52 bits per heavy atom. The van der Waals surface area contributed by atoms with Crippen molar-refractivity contribution in [3.8, 4) is 5.69 Å². The lowest BCUT2D eigenvalue weighted by molar-refractivity contribution is -0.384. The quantitative estimate of drug-likeness (QED) is 0.404. The first-order valence-electron chi connectivity index (χ1n) is 8.55. The summed E-state index contributed by atoms with van der Waals surface area (Å²) in [6.07, 6.45) is 0. The number of nitro groups is 1. The van der Waals surface area contributed by atoms with Crippen LogP contribution in [0.25, 0.3) is 5.69 Å². The zero-order chi connectivity index (χ0) is 21.1. The predicted octanol–water partition coefficient (Wildman–Crippen LogP) is 2.90. The van der Waals surface area contributed by atoms with Crippen molar-refractivity contribution in [3.05, 3.63) is 91.9 Å². The molecule has 0 radical (unpaired) electrons. The molecule has 0 aliphatic carbocycles. The van der Waals surface area contributed by atoms with E-state index in [1.54, 1.807) is 31.2 Å². The van der Waals surface area contributed by atoms with Crippen LogP contribution in [0.2, 0.25) is 0 Å². The summed E-state index contributed by atoms with van der Waals surface area (Å²) in [6, 6.07) is 13.3. The number of Topliss-reactive ketones (excluding diaryl/α,β-unsaturated/α-hetero) is 1. The number of aromatic nitrogens is 2. The Morgan fingerprint density at radius 2 is 1.83 bits per heavy atom. The molecule has 0 bridgehead atoms. The van der Waals surface area contributed by atoms with Gasteiger partial charge in [0.1, 0.15) is 5.69 Å². The van der Waals surface area contributed by atoms with Crippen molar-refractivity contribution in [1.82, 2.24) is 9.78 Å². The highest BCUT2D eigenvalue weighted by atomic mass is 16.6. The van der Waals surface area contributed by atoms with Gasteiger partial charge >= 0.3 is 0 Å². The molecule has 0 unspecified atom stereocenters. The molecule has 0 saturated heterocycles. The van der Waals surface area contributed by atoms with E-state index in [2.05, 4.69) is 10.4 Å². The molecule has 2 aromatic carbocycles. The first-order chi connectivity index (χ1) is 13.8. The lowest BCUT2D eigenvalue weighted by Gasteiger charge is -2.12. The summed E-state index contributed by atoms with van der Waals surface area (Å²) >= 11 is 0. The third kappa shape index (κ3) is 4.08. The van der Waals surface area contributed by atoms with Crippen molar-refractivity contribution in [2.75, 3.05) is 5.32 Å². The van der Waals surface area contributed by atoms with Crippen LogP contribution in [0.1, 0.15) is 33.5 Å². The normalized spacial score (nSPS) is 10.4. The van der Waals surface area contributed by atoms with Crippen molar-refractivity contribution < 1.29 is 14.5 Å². The molecular formula is C20H16N4O5. The molecule has 0 fully saturated rings. The van der Waals surface area contributed by atoms with Gasteiger partial charge in [0, 0.05) is 29.1 Å². The molecule has 1 aromatic heterocycles. The van der Waals surface area contributed by atoms with Gasteiger partial charge in [0.2, 0.25) is 5.43 Å². The molecule has 9 heteroatoms. The highest BCUT2D eigenvalue weighted by Crippen LogP contribution is 2.22. The van der Waals surface area contributed by atoms with Gasteiger partial charge in [-0.2, -0.15) is 5.10 Å². The molecule has 0 saturated carbocycles. The second kappa shape index (κ2) is 7.85. The molecule has 0 aliphatic rings. The van der Waals surface area contributed by atoms with E-state index >= 15 is 0 Å². The lowest BCUT2D eigenvalue weighted by atomic mass is 10.1. The van der Waals surface area contributed by atoms with Gasteiger partial charge in [-0.3, -0.25) is 24.5 Å². The Balaban J connectivity index is 2.03. The molecule has 0 atom stereocenters. The van der Waals surface area contributed by atoms with Gasteiger partial charge < -0.3 is 5.32 Å². The van der Waals surface area contributed by atoms with E-state index in [9.17, 15) is 24.5 Å². The van der Waals surface area contributed by atoms with E-state index in [1.807, 2.05) is 0 Å². The molecular weight excluding hydrogens is 376 g/mol. The van der Waals surface area contributed by atoms with E-state index in [0.717, 1.165) is 0 Å². The van der Waals surface area contributed by atoms with Gasteiger partial charge in [-0.15, -0.1) is 0 Å². The molecule has 1 N–H and O–H groups in total. The SMILES string of the molecule is CC(=O)c1cccc(NC(=O)c2nn(-c3ccccc3[N+](=O)[O-])c(C)cc2=O)c1. The van der Waals surface area contributed by atoms with Gasteiger partial charge in [-0.1, -0.05) is 24.3 Å². The van der Waals surface area contributed by atoms with Crippen LogP contribution >= 0.6 is 0 Å². The molecule has 0 spiro atoms. The maximum atomic E-state index is 12.6. The van der Waals surface area contributed by atoms with Crippen LogP contribution in [-0.4, -0.2) is 26.4 Å². The third-order valence-electron chi connectivity index (χ3n) is 4.16. The number of aryl methyl sites for hydroxylation is 1. The minimum absolute atomic E-state index is 0.127. The van der Waals surface area contributed by atoms with Gasteiger partial charge in [0.15, 0.2) is 11.5 Å². The van der Waals surface area contributed by atoms with E-state index in [-0.39, 0.29) is 17.2 Å². The summed E-state index contributed by atoms with van der Waals surface area (Å²) in [7, 11) is 0. The Kier molecular flexibility index (Phi) is 5.31. The first kappa shape index (κ1) is 19.6. The summed E-state index contributed by atoms with van der Waals surface area (Å²) in [5.74, 6) is -0.962. The molecule has 3 rings (SSSR count). The lowest BCUT2D eigenvalue weighted by Crippen LogP contribution is -2.27. The monoisotopic (exact) mass is 392 g/mol. The Labute approximate surface area is 164 Å². The molecule has 9 nitrogen and oxygen atoms in total. The second-order valence-electron chi connectivity index (χ2n) is 6.25.